The Kier molecular flexibility index (Phi) is 5.32. The van der Waals surface area contributed by atoms with Crippen LogP contribution in [0, 0.1) is 0 Å². The minimum absolute atomic E-state index is 0.0437. The van der Waals surface area contributed by atoms with Gasteiger partial charge < -0.3 is 20.1 Å². The predicted molar refractivity (Wildman–Crippen MR) is 89.1 cm³/mol. The Morgan fingerprint density at radius 3 is 2.96 bits per heavy atom. The zero-order valence-corrected chi connectivity index (χ0v) is 13.7. The quantitative estimate of drug-likeness (QED) is 0.744. The molecule has 0 unspecified atom stereocenters. The van der Waals surface area contributed by atoms with Gasteiger partial charge in [-0.25, -0.2) is 0 Å². The number of carbonyl (C=O) groups is 1. The number of amides is 1. The fraction of sp³-hybridized carbons (Fsp3) is 0.412. The summed E-state index contributed by atoms with van der Waals surface area (Å²) < 4.78 is 12.9. The number of hydrogen-bond donors (Lipinski definition) is 2. The second-order valence-corrected chi connectivity index (χ2v) is 5.64. The monoisotopic (exact) mass is 330 g/mol. The molecule has 1 aliphatic rings. The summed E-state index contributed by atoms with van der Waals surface area (Å²) in [6, 6.07) is 7.53. The third-order valence-electron chi connectivity index (χ3n) is 3.81. The molecule has 0 saturated carbocycles. The van der Waals surface area contributed by atoms with E-state index in [0.717, 1.165) is 23.6 Å². The van der Waals surface area contributed by atoms with Gasteiger partial charge in [-0.05, 0) is 30.7 Å². The first kappa shape index (κ1) is 16.3. The largest absolute Gasteiger partial charge is 0.486 e. The van der Waals surface area contributed by atoms with E-state index in [0.29, 0.717) is 19.8 Å². The Bertz CT molecular complexity index is 672. The number of aromatic nitrogens is 2. The van der Waals surface area contributed by atoms with Crippen molar-refractivity contribution in [3.63, 3.8) is 0 Å². The van der Waals surface area contributed by atoms with Gasteiger partial charge in [-0.1, -0.05) is 6.07 Å². The van der Waals surface area contributed by atoms with Gasteiger partial charge in [-0.2, -0.15) is 5.10 Å². The zero-order valence-electron chi connectivity index (χ0n) is 13.7. The van der Waals surface area contributed by atoms with Crippen molar-refractivity contribution >= 4 is 5.91 Å². The van der Waals surface area contributed by atoms with Gasteiger partial charge in [-0.3, -0.25) is 9.48 Å². The van der Waals surface area contributed by atoms with Gasteiger partial charge in [0.2, 0.25) is 5.91 Å². The Morgan fingerprint density at radius 1 is 1.33 bits per heavy atom. The van der Waals surface area contributed by atoms with Crippen LogP contribution in [0.4, 0.5) is 0 Å². The summed E-state index contributed by atoms with van der Waals surface area (Å²) >= 11 is 0. The number of ether oxygens (including phenoxy) is 2. The van der Waals surface area contributed by atoms with Crippen molar-refractivity contribution in [3.8, 4) is 11.5 Å². The van der Waals surface area contributed by atoms with Crippen molar-refractivity contribution < 1.29 is 14.3 Å². The molecule has 0 fully saturated rings. The number of hydrogen-bond acceptors (Lipinski definition) is 5. The first-order valence-electron chi connectivity index (χ1n) is 8.09. The van der Waals surface area contributed by atoms with Crippen LogP contribution < -0.4 is 20.1 Å². The molecule has 1 atom stereocenters. The molecule has 1 amide bonds. The van der Waals surface area contributed by atoms with Crippen molar-refractivity contribution in [1.29, 1.82) is 0 Å². The van der Waals surface area contributed by atoms with E-state index in [4.69, 9.17) is 9.47 Å². The third-order valence-corrected chi connectivity index (χ3v) is 3.81. The number of nitrogens with zero attached hydrogens (tertiary/aromatic N) is 2. The van der Waals surface area contributed by atoms with Crippen LogP contribution in [-0.2, 0) is 11.3 Å². The maximum absolute atomic E-state index is 12.0. The van der Waals surface area contributed by atoms with E-state index < -0.39 is 0 Å². The lowest BCUT2D eigenvalue weighted by molar-refractivity contribution is -0.120. The van der Waals surface area contributed by atoms with Gasteiger partial charge in [0.05, 0.1) is 19.1 Å². The second kappa shape index (κ2) is 7.83. The lowest BCUT2D eigenvalue weighted by atomic mass is 10.1. The smallest absolute Gasteiger partial charge is 0.234 e. The predicted octanol–water partition coefficient (Wildman–Crippen LogP) is 1.12. The van der Waals surface area contributed by atoms with E-state index >= 15 is 0 Å². The molecular weight excluding hydrogens is 308 g/mol. The molecule has 0 aliphatic carbocycles. The van der Waals surface area contributed by atoms with Gasteiger partial charge in [0.15, 0.2) is 11.5 Å². The summed E-state index contributed by atoms with van der Waals surface area (Å²) in [5, 5.41) is 10.2. The fourth-order valence-electron chi connectivity index (χ4n) is 2.53. The molecule has 0 saturated heterocycles. The van der Waals surface area contributed by atoms with Crippen LogP contribution in [0.1, 0.15) is 18.5 Å². The van der Waals surface area contributed by atoms with E-state index in [-0.39, 0.29) is 18.5 Å². The number of rotatable bonds is 7. The molecule has 3 rings (SSSR count). The number of nitrogens with one attached hydrogen (secondary N) is 2. The highest BCUT2D eigenvalue weighted by atomic mass is 16.6. The maximum atomic E-state index is 12.0. The summed E-state index contributed by atoms with van der Waals surface area (Å²) in [7, 11) is 0. The van der Waals surface area contributed by atoms with Crippen molar-refractivity contribution in [3.05, 3.63) is 42.2 Å². The molecular formula is C17H22N4O3. The number of carbonyl (C=O) groups excluding carboxylic acids is 1. The van der Waals surface area contributed by atoms with Gasteiger partial charge in [0.25, 0.3) is 0 Å². The van der Waals surface area contributed by atoms with Crippen LogP contribution in [0.2, 0.25) is 0 Å². The molecule has 0 spiro atoms. The van der Waals surface area contributed by atoms with Crippen molar-refractivity contribution in [2.75, 3.05) is 26.3 Å². The molecule has 128 valence electrons. The maximum Gasteiger partial charge on any atom is 0.234 e. The third kappa shape index (κ3) is 4.26. The highest BCUT2D eigenvalue weighted by Gasteiger charge is 2.15. The SMILES string of the molecule is C[C@H](NC(=O)CNCCn1cccn1)c1ccc2c(c1)OCCO2. The van der Waals surface area contributed by atoms with E-state index in [9.17, 15) is 4.79 Å². The Morgan fingerprint density at radius 2 is 2.17 bits per heavy atom. The minimum atomic E-state index is -0.0961. The normalized spacial score (nSPS) is 14.2. The van der Waals surface area contributed by atoms with E-state index in [1.54, 1.807) is 6.20 Å². The van der Waals surface area contributed by atoms with Crippen LogP contribution in [0.25, 0.3) is 0 Å². The zero-order chi connectivity index (χ0) is 16.8. The fourth-order valence-corrected chi connectivity index (χ4v) is 2.53. The Hall–Kier alpha value is -2.54. The summed E-state index contributed by atoms with van der Waals surface area (Å²) in [4.78, 5) is 12.0. The van der Waals surface area contributed by atoms with Crippen LogP contribution in [-0.4, -0.2) is 42.0 Å². The second-order valence-electron chi connectivity index (χ2n) is 5.64. The summed E-state index contributed by atoms with van der Waals surface area (Å²) in [5.41, 5.74) is 0.990. The standard InChI is InChI=1S/C17H22N4O3/c1-13(14-3-4-15-16(11-14)24-10-9-23-15)20-17(22)12-18-6-8-21-7-2-5-19-21/h2-5,7,11,13,18H,6,8-10,12H2,1H3,(H,20,22)/t13-/m0/s1. The first-order chi connectivity index (χ1) is 11.7. The molecule has 0 radical (unpaired) electrons. The topological polar surface area (TPSA) is 77.4 Å². The van der Waals surface area contributed by atoms with E-state index in [2.05, 4.69) is 15.7 Å². The van der Waals surface area contributed by atoms with Crippen molar-refractivity contribution in [2.24, 2.45) is 0 Å². The molecule has 0 bridgehead atoms. The molecule has 7 nitrogen and oxygen atoms in total. The van der Waals surface area contributed by atoms with Gasteiger partial charge in [0.1, 0.15) is 13.2 Å². The lowest BCUT2D eigenvalue weighted by Gasteiger charge is -2.21. The van der Waals surface area contributed by atoms with Crippen LogP contribution >= 0.6 is 0 Å². The highest BCUT2D eigenvalue weighted by Crippen LogP contribution is 2.32. The number of benzene rings is 1. The van der Waals surface area contributed by atoms with E-state index in [1.165, 1.54) is 0 Å². The minimum Gasteiger partial charge on any atom is -0.486 e. The van der Waals surface area contributed by atoms with Crippen molar-refractivity contribution in [2.45, 2.75) is 19.5 Å². The van der Waals surface area contributed by atoms with Gasteiger partial charge in [-0.15, -0.1) is 0 Å². The Balaban J connectivity index is 1.43. The summed E-state index contributed by atoms with van der Waals surface area (Å²) in [6.07, 6.45) is 3.63. The number of fused-ring (bicyclic) bond motifs is 1. The van der Waals surface area contributed by atoms with Gasteiger partial charge >= 0.3 is 0 Å². The van der Waals surface area contributed by atoms with E-state index in [1.807, 2.05) is 42.1 Å². The molecule has 2 heterocycles. The molecule has 2 N–H and O–H groups in total. The highest BCUT2D eigenvalue weighted by molar-refractivity contribution is 5.78. The molecule has 7 heteroatoms. The summed E-state index contributed by atoms with van der Waals surface area (Å²) in [5.74, 6) is 1.44. The molecule has 1 aliphatic heterocycles. The average Bonchev–Trinajstić information content (AvgIpc) is 3.11. The lowest BCUT2D eigenvalue weighted by Crippen LogP contribution is -2.36. The molecule has 1 aromatic carbocycles. The van der Waals surface area contributed by atoms with Crippen LogP contribution in [0.15, 0.2) is 36.7 Å². The van der Waals surface area contributed by atoms with Crippen molar-refractivity contribution in [1.82, 2.24) is 20.4 Å². The Labute approximate surface area is 140 Å². The molecule has 2 aromatic rings. The average molecular weight is 330 g/mol. The van der Waals surface area contributed by atoms with Gasteiger partial charge in [0, 0.05) is 18.9 Å². The first-order valence-corrected chi connectivity index (χ1v) is 8.09. The molecule has 1 aromatic heterocycles. The van der Waals surface area contributed by atoms with Crippen LogP contribution in [0.5, 0.6) is 11.5 Å². The summed E-state index contributed by atoms with van der Waals surface area (Å²) in [6.45, 7) is 4.77. The molecule has 24 heavy (non-hydrogen) atoms. The van der Waals surface area contributed by atoms with Crippen LogP contribution in [0.3, 0.4) is 0 Å².